The largest absolute Gasteiger partial charge is 0.497 e. The molecule has 0 spiro atoms. The molecule has 8 heteroatoms. The Morgan fingerprint density at radius 2 is 2.11 bits per heavy atom. The monoisotopic (exact) mass is 381 g/mol. The minimum absolute atomic E-state index is 0.252. The maximum atomic E-state index is 14.3. The number of hydrogen-bond acceptors (Lipinski definition) is 5. The van der Waals surface area contributed by atoms with Crippen LogP contribution in [-0.4, -0.2) is 54.8 Å². The third-order valence-electron chi connectivity index (χ3n) is 4.54. The number of ether oxygens (including phenoxy) is 2. The third-order valence-corrected chi connectivity index (χ3v) is 4.54. The number of hydrogen-bond donors (Lipinski definition) is 1. The summed E-state index contributed by atoms with van der Waals surface area (Å²) in [5.74, 6) is 0.665. The summed E-state index contributed by atoms with van der Waals surface area (Å²) in [7, 11) is 1.48. The molecule has 1 saturated heterocycles. The molecule has 27 heavy (non-hydrogen) atoms. The lowest BCUT2D eigenvalue weighted by atomic mass is 10.0. The van der Waals surface area contributed by atoms with Crippen molar-refractivity contribution in [2.75, 3.05) is 20.2 Å². The fourth-order valence-electron chi connectivity index (χ4n) is 3.28. The highest BCUT2D eigenvalue weighted by Gasteiger charge is 2.34. The van der Waals surface area contributed by atoms with Gasteiger partial charge in [-0.3, -0.25) is 0 Å². The summed E-state index contributed by atoms with van der Waals surface area (Å²) in [6.45, 7) is 5.96. The van der Waals surface area contributed by atoms with Crippen molar-refractivity contribution in [1.29, 1.82) is 0 Å². The number of rotatable bonds is 2. The van der Waals surface area contributed by atoms with Gasteiger partial charge in [-0.15, -0.1) is 0 Å². The molecule has 1 aromatic rings. The quantitative estimate of drug-likeness (QED) is 0.853. The van der Waals surface area contributed by atoms with E-state index >= 15 is 0 Å². The van der Waals surface area contributed by atoms with Crippen molar-refractivity contribution in [3.63, 3.8) is 0 Å². The van der Waals surface area contributed by atoms with Crippen LogP contribution in [0.4, 0.5) is 19.3 Å². The number of fused-ring (bicyclic) bond motifs is 1. The summed E-state index contributed by atoms with van der Waals surface area (Å²) < 4.78 is 38.8. The van der Waals surface area contributed by atoms with Crippen LogP contribution in [0.1, 0.15) is 32.8 Å². The number of likely N-dealkylation sites (tertiary alicyclic amines) is 1. The Kier molecular flexibility index (Phi) is 5.26. The number of alkyl carbamates (subject to hydrolysis) is 1. The van der Waals surface area contributed by atoms with E-state index < -0.39 is 29.7 Å². The van der Waals surface area contributed by atoms with E-state index in [-0.39, 0.29) is 13.0 Å². The van der Waals surface area contributed by atoms with E-state index in [9.17, 15) is 13.6 Å². The van der Waals surface area contributed by atoms with Gasteiger partial charge in [0, 0.05) is 25.6 Å². The van der Waals surface area contributed by atoms with Gasteiger partial charge in [0.2, 0.25) is 0 Å². The van der Waals surface area contributed by atoms with Crippen LogP contribution in [0.5, 0.6) is 5.75 Å². The Morgan fingerprint density at radius 1 is 1.37 bits per heavy atom. The predicted octanol–water partition coefficient (Wildman–Crippen LogP) is 3.36. The molecule has 0 saturated carbocycles. The molecular weight excluding hydrogens is 356 g/mol. The molecule has 2 aliphatic rings. The number of nitrogens with zero attached hydrogens (tertiary/aromatic N) is 2. The molecule has 1 amide bonds. The van der Waals surface area contributed by atoms with Crippen molar-refractivity contribution in [2.45, 2.75) is 51.4 Å². The number of piperidine rings is 1. The van der Waals surface area contributed by atoms with E-state index in [1.807, 2.05) is 4.90 Å². The lowest BCUT2D eigenvalue weighted by molar-refractivity contribution is 0.0431. The lowest BCUT2D eigenvalue weighted by Gasteiger charge is -2.36. The smallest absolute Gasteiger partial charge is 0.408 e. The second-order valence-electron chi connectivity index (χ2n) is 7.83. The van der Waals surface area contributed by atoms with Crippen LogP contribution in [0.25, 0.3) is 0 Å². The highest BCUT2D eigenvalue weighted by molar-refractivity contribution is 5.92. The van der Waals surface area contributed by atoms with Gasteiger partial charge in [0.15, 0.2) is 5.82 Å². The van der Waals surface area contributed by atoms with Crippen LogP contribution in [-0.2, 0) is 11.2 Å². The first-order valence-electron chi connectivity index (χ1n) is 8.99. The molecule has 0 bridgehead atoms. The van der Waals surface area contributed by atoms with Crippen molar-refractivity contribution >= 4 is 17.6 Å². The van der Waals surface area contributed by atoms with E-state index in [0.717, 1.165) is 5.56 Å². The fourth-order valence-corrected chi connectivity index (χ4v) is 3.28. The molecule has 1 aromatic carbocycles. The number of amidine groups is 1. The van der Waals surface area contributed by atoms with E-state index in [0.29, 0.717) is 30.2 Å². The van der Waals surface area contributed by atoms with Crippen LogP contribution in [0.2, 0.25) is 0 Å². The van der Waals surface area contributed by atoms with Gasteiger partial charge in [-0.25, -0.2) is 18.6 Å². The molecule has 1 N–H and O–H groups in total. The highest BCUT2D eigenvalue weighted by atomic mass is 19.1. The maximum absolute atomic E-state index is 14.3. The number of methoxy groups -OCH3 is 1. The molecule has 2 heterocycles. The van der Waals surface area contributed by atoms with Crippen LogP contribution in [0.3, 0.4) is 0 Å². The maximum Gasteiger partial charge on any atom is 0.408 e. The van der Waals surface area contributed by atoms with Crippen molar-refractivity contribution in [1.82, 2.24) is 10.2 Å². The highest BCUT2D eigenvalue weighted by Crippen LogP contribution is 2.34. The predicted molar refractivity (Wildman–Crippen MR) is 98.0 cm³/mol. The Balaban J connectivity index is 1.69. The van der Waals surface area contributed by atoms with Crippen LogP contribution in [0.15, 0.2) is 17.1 Å². The zero-order valence-corrected chi connectivity index (χ0v) is 16.0. The van der Waals surface area contributed by atoms with Gasteiger partial charge in [0.05, 0.1) is 13.2 Å². The molecule has 0 aliphatic carbocycles. The number of halogens is 2. The Morgan fingerprint density at radius 3 is 2.78 bits per heavy atom. The summed E-state index contributed by atoms with van der Waals surface area (Å²) in [5.41, 5.74) is 0.378. The SMILES string of the molecule is COc1cc(F)c2c(c1)CC(N1CC[C@@H](F)[C@H](NC(=O)OC(C)(C)C)C1)=N2. The van der Waals surface area contributed by atoms with Crippen molar-refractivity contribution in [3.05, 3.63) is 23.5 Å². The van der Waals surface area contributed by atoms with E-state index in [4.69, 9.17) is 9.47 Å². The van der Waals surface area contributed by atoms with Gasteiger partial charge in [-0.05, 0) is 38.8 Å². The van der Waals surface area contributed by atoms with E-state index in [2.05, 4.69) is 10.3 Å². The molecule has 3 rings (SSSR count). The zero-order valence-electron chi connectivity index (χ0n) is 16.0. The molecule has 6 nitrogen and oxygen atoms in total. The van der Waals surface area contributed by atoms with Gasteiger partial charge in [0.1, 0.15) is 29.0 Å². The molecule has 2 aliphatic heterocycles. The van der Waals surface area contributed by atoms with Gasteiger partial charge in [0.25, 0.3) is 0 Å². The number of carbonyl (C=O) groups excluding carboxylic acids is 1. The van der Waals surface area contributed by atoms with Crippen LogP contribution >= 0.6 is 0 Å². The molecular formula is C19H25F2N3O3. The first-order chi connectivity index (χ1) is 12.7. The van der Waals surface area contributed by atoms with Gasteiger partial charge >= 0.3 is 6.09 Å². The Labute approximate surface area is 157 Å². The summed E-state index contributed by atoms with van der Waals surface area (Å²) in [5, 5.41) is 2.60. The molecule has 0 radical (unpaired) electrons. The standard InChI is InChI=1S/C19H25F2N3O3/c1-19(2,3)27-18(25)22-15-10-24(6-5-13(15)20)16-8-11-7-12(26-4)9-14(21)17(11)23-16/h7,9,13,15H,5-6,8,10H2,1-4H3,(H,22,25)/t13-,15-/m1/s1. The van der Waals surface area contributed by atoms with Gasteiger partial charge in [-0.1, -0.05) is 0 Å². The van der Waals surface area contributed by atoms with Crippen molar-refractivity contribution < 1.29 is 23.0 Å². The fraction of sp³-hybridized carbons (Fsp3) is 0.579. The summed E-state index contributed by atoms with van der Waals surface area (Å²) in [6.07, 6.45) is -1.12. The number of benzene rings is 1. The number of aliphatic imine (C=N–C) groups is 1. The second-order valence-corrected chi connectivity index (χ2v) is 7.83. The Bertz CT molecular complexity index is 761. The first kappa shape index (κ1) is 19.4. The van der Waals surface area contributed by atoms with E-state index in [1.165, 1.54) is 13.2 Å². The number of amides is 1. The van der Waals surface area contributed by atoms with Crippen LogP contribution < -0.4 is 10.1 Å². The molecule has 1 fully saturated rings. The van der Waals surface area contributed by atoms with E-state index in [1.54, 1.807) is 26.8 Å². The lowest BCUT2D eigenvalue weighted by Crippen LogP contribution is -2.55. The molecule has 0 aromatic heterocycles. The zero-order chi connectivity index (χ0) is 19.8. The molecule has 2 atom stereocenters. The minimum atomic E-state index is -1.17. The summed E-state index contributed by atoms with van der Waals surface area (Å²) in [4.78, 5) is 18.3. The summed E-state index contributed by atoms with van der Waals surface area (Å²) >= 11 is 0. The minimum Gasteiger partial charge on any atom is -0.497 e. The first-order valence-corrected chi connectivity index (χ1v) is 8.99. The Hall–Kier alpha value is -2.38. The number of carbonyl (C=O) groups is 1. The number of nitrogens with one attached hydrogen (secondary N) is 1. The third kappa shape index (κ3) is 4.48. The number of alkyl halides is 1. The summed E-state index contributed by atoms with van der Waals surface area (Å²) in [6, 6.07) is 2.35. The van der Waals surface area contributed by atoms with Gasteiger partial charge < -0.3 is 19.7 Å². The van der Waals surface area contributed by atoms with Crippen molar-refractivity contribution in [3.8, 4) is 5.75 Å². The molecule has 0 unspecified atom stereocenters. The molecule has 148 valence electrons. The average molecular weight is 381 g/mol. The average Bonchev–Trinajstić information content (AvgIpc) is 2.99. The van der Waals surface area contributed by atoms with Crippen molar-refractivity contribution in [2.24, 2.45) is 4.99 Å². The topological polar surface area (TPSA) is 63.2 Å². The second kappa shape index (κ2) is 7.32. The van der Waals surface area contributed by atoms with Gasteiger partial charge in [-0.2, -0.15) is 0 Å². The van der Waals surface area contributed by atoms with Crippen LogP contribution in [0, 0.1) is 5.82 Å². The normalized spacial score (nSPS) is 22.1.